The SMILES string of the molecule is CCCCCCC/C=C\C/C=C\CCCCCCCCCCCCCCCCCCCCCCCCCCCCCC(=O)OC(CO)COC(=O)CCCCCCCCCCCCCCCCCCCCCCCCCCCCCCCCCCCCCCCCCCC. The van der Waals surface area contributed by atoms with Crippen molar-refractivity contribution in [1.82, 2.24) is 0 Å². The third-order valence-electron chi connectivity index (χ3n) is 20.7. The van der Waals surface area contributed by atoms with Gasteiger partial charge in [-0.15, -0.1) is 0 Å². The second kappa shape index (κ2) is 85.6. The highest BCUT2D eigenvalue weighted by Gasteiger charge is 2.16. The van der Waals surface area contributed by atoms with E-state index >= 15 is 0 Å². The Morgan fingerprint density at radius 1 is 0.245 bits per heavy atom. The van der Waals surface area contributed by atoms with Crippen LogP contribution in [0.3, 0.4) is 0 Å². The highest BCUT2D eigenvalue weighted by Crippen LogP contribution is 2.21. The van der Waals surface area contributed by atoms with Crippen LogP contribution in [-0.2, 0) is 19.1 Å². The largest absolute Gasteiger partial charge is 0.462 e. The quantitative estimate of drug-likeness (QED) is 0.0373. The average Bonchev–Trinajstić information content (AvgIpc) is 3.65. The molecule has 0 amide bonds. The van der Waals surface area contributed by atoms with Crippen LogP contribution in [0.2, 0.25) is 0 Å². The van der Waals surface area contributed by atoms with Gasteiger partial charge in [0, 0.05) is 12.8 Å². The normalized spacial score (nSPS) is 12.2. The van der Waals surface area contributed by atoms with Gasteiger partial charge in [0.25, 0.3) is 0 Å². The van der Waals surface area contributed by atoms with E-state index in [2.05, 4.69) is 38.2 Å². The first-order valence-electron chi connectivity index (χ1n) is 43.9. The molecule has 0 aliphatic rings. The Bertz CT molecular complexity index is 1450. The number of hydrogen-bond donors (Lipinski definition) is 1. The van der Waals surface area contributed by atoms with Crippen molar-refractivity contribution in [1.29, 1.82) is 0 Å². The number of allylic oxidation sites excluding steroid dienone is 4. The summed E-state index contributed by atoms with van der Waals surface area (Å²) in [4.78, 5) is 24.8. The zero-order chi connectivity index (χ0) is 67.5. The molecule has 0 saturated carbocycles. The summed E-state index contributed by atoms with van der Waals surface area (Å²) in [6.07, 6.45) is 115. The summed E-state index contributed by atoms with van der Waals surface area (Å²) in [6.45, 7) is 4.22. The van der Waals surface area contributed by atoms with Crippen LogP contribution in [-0.4, -0.2) is 36.4 Å². The summed E-state index contributed by atoms with van der Waals surface area (Å²) >= 11 is 0. The summed E-state index contributed by atoms with van der Waals surface area (Å²) in [6, 6.07) is 0. The van der Waals surface area contributed by atoms with Crippen molar-refractivity contribution in [2.75, 3.05) is 13.2 Å². The standard InChI is InChI=1S/C89H172O5/c1-3-5-7-9-11-13-15-17-19-21-23-25-27-29-31-33-35-37-39-41-43-44-46-47-49-51-53-55-57-59-61-63-65-67-69-71-73-75-77-79-81-83-88(91)93-86-87(85-90)94-89(92)84-82-80-78-76-74-72-70-68-66-64-62-60-58-56-54-52-50-48-45-42-40-38-36-34-32-30-28-26-24-22-20-18-16-14-12-10-8-6-4-2/h16,18,22,24,87,90H,3-15,17,19-21,23,25-86H2,1-2H3/b18-16-,24-22-. The minimum absolute atomic E-state index is 0.0565. The molecule has 0 aliphatic heterocycles. The van der Waals surface area contributed by atoms with Crippen molar-refractivity contribution in [2.45, 2.75) is 521 Å². The molecule has 0 bridgehead atoms. The maximum absolute atomic E-state index is 12.4. The molecule has 0 aliphatic carbocycles. The van der Waals surface area contributed by atoms with E-state index < -0.39 is 6.10 Å². The molecule has 0 aromatic rings. The summed E-state index contributed by atoms with van der Waals surface area (Å²) < 4.78 is 10.8. The lowest BCUT2D eigenvalue weighted by atomic mass is 10.0. The van der Waals surface area contributed by atoms with E-state index in [4.69, 9.17) is 9.47 Å². The summed E-state index contributed by atoms with van der Waals surface area (Å²) in [5, 5.41) is 9.74. The van der Waals surface area contributed by atoms with E-state index in [0.717, 1.165) is 38.5 Å². The number of hydrogen-bond acceptors (Lipinski definition) is 5. The second-order valence-corrected chi connectivity index (χ2v) is 30.3. The minimum Gasteiger partial charge on any atom is -0.462 e. The molecular formula is C89H172O5. The van der Waals surface area contributed by atoms with Gasteiger partial charge < -0.3 is 14.6 Å². The highest BCUT2D eigenvalue weighted by atomic mass is 16.6. The number of ether oxygens (including phenoxy) is 2. The zero-order valence-corrected chi connectivity index (χ0v) is 64.5. The molecule has 5 nitrogen and oxygen atoms in total. The Morgan fingerprint density at radius 2 is 0.426 bits per heavy atom. The van der Waals surface area contributed by atoms with Crippen LogP contribution in [0.15, 0.2) is 24.3 Å². The molecule has 0 spiro atoms. The van der Waals surface area contributed by atoms with Crippen LogP contribution >= 0.6 is 0 Å². The summed E-state index contributed by atoms with van der Waals surface area (Å²) in [7, 11) is 0. The van der Waals surface area contributed by atoms with Crippen molar-refractivity contribution in [3.63, 3.8) is 0 Å². The van der Waals surface area contributed by atoms with Gasteiger partial charge in [0.2, 0.25) is 0 Å². The van der Waals surface area contributed by atoms with E-state index in [9.17, 15) is 14.7 Å². The van der Waals surface area contributed by atoms with Crippen molar-refractivity contribution in [3.8, 4) is 0 Å². The van der Waals surface area contributed by atoms with E-state index in [1.54, 1.807) is 0 Å². The van der Waals surface area contributed by atoms with E-state index in [1.807, 2.05) is 0 Å². The van der Waals surface area contributed by atoms with Gasteiger partial charge in [-0.1, -0.05) is 481 Å². The predicted octanol–water partition coefficient (Wildman–Crippen LogP) is 31.0. The van der Waals surface area contributed by atoms with Crippen LogP contribution in [0.4, 0.5) is 0 Å². The van der Waals surface area contributed by atoms with Crippen LogP contribution in [0.25, 0.3) is 0 Å². The third kappa shape index (κ3) is 82.8. The van der Waals surface area contributed by atoms with Crippen molar-refractivity contribution in [3.05, 3.63) is 24.3 Å². The molecular weight excluding hydrogens is 1150 g/mol. The smallest absolute Gasteiger partial charge is 0.306 e. The van der Waals surface area contributed by atoms with E-state index in [0.29, 0.717) is 12.8 Å². The highest BCUT2D eigenvalue weighted by molar-refractivity contribution is 5.70. The second-order valence-electron chi connectivity index (χ2n) is 30.3. The van der Waals surface area contributed by atoms with Gasteiger partial charge >= 0.3 is 11.9 Å². The maximum Gasteiger partial charge on any atom is 0.306 e. The molecule has 0 aromatic carbocycles. The Hall–Kier alpha value is -1.62. The number of rotatable bonds is 84. The number of carbonyl (C=O) groups is 2. The lowest BCUT2D eigenvalue weighted by Gasteiger charge is -2.15. The van der Waals surface area contributed by atoms with Gasteiger partial charge in [-0.05, 0) is 44.9 Å². The fourth-order valence-corrected chi connectivity index (χ4v) is 14.2. The molecule has 558 valence electrons. The van der Waals surface area contributed by atoms with Crippen LogP contribution < -0.4 is 0 Å². The Kier molecular flexibility index (Phi) is 84.1. The molecule has 1 unspecified atom stereocenters. The van der Waals surface area contributed by atoms with Gasteiger partial charge in [0.05, 0.1) is 6.61 Å². The van der Waals surface area contributed by atoms with Gasteiger partial charge in [-0.2, -0.15) is 0 Å². The first-order valence-corrected chi connectivity index (χ1v) is 43.9. The van der Waals surface area contributed by atoms with Crippen LogP contribution in [0.5, 0.6) is 0 Å². The third-order valence-corrected chi connectivity index (χ3v) is 20.7. The van der Waals surface area contributed by atoms with Crippen molar-refractivity contribution >= 4 is 11.9 Å². The topological polar surface area (TPSA) is 72.8 Å². The molecule has 0 rings (SSSR count). The number of aliphatic hydroxyl groups excluding tert-OH is 1. The molecule has 0 heterocycles. The van der Waals surface area contributed by atoms with Crippen molar-refractivity contribution in [2.24, 2.45) is 0 Å². The number of carbonyl (C=O) groups excluding carboxylic acids is 2. The first-order chi connectivity index (χ1) is 46.6. The van der Waals surface area contributed by atoms with Gasteiger partial charge in [0.15, 0.2) is 6.10 Å². The monoisotopic (exact) mass is 1320 g/mol. The van der Waals surface area contributed by atoms with Gasteiger partial charge in [-0.3, -0.25) is 9.59 Å². The molecule has 0 fully saturated rings. The Labute approximate surface area is 591 Å². The lowest BCUT2D eigenvalue weighted by Crippen LogP contribution is -2.28. The Balaban J connectivity index is 3.32. The lowest BCUT2D eigenvalue weighted by molar-refractivity contribution is -0.161. The van der Waals surface area contributed by atoms with Crippen LogP contribution in [0.1, 0.15) is 515 Å². The van der Waals surface area contributed by atoms with Gasteiger partial charge in [-0.25, -0.2) is 0 Å². The molecule has 0 radical (unpaired) electrons. The van der Waals surface area contributed by atoms with Gasteiger partial charge in [0.1, 0.15) is 6.61 Å². The predicted molar refractivity (Wildman–Crippen MR) is 418 cm³/mol. The van der Waals surface area contributed by atoms with E-state index in [1.165, 1.54) is 449 Å². The molecule has 0 aromatic heterocycles. The zero-order valence-electron chi connectivity index (χ0n) is 64.5. The molecule has 1 N–H and O–H groups in total. The van der Waals surface area contributed by atoms with Crippen LogP contribution in [0, 0.1) is 0 Å². The van der Waals surface area contributed by atoms with Crippen molar-refractivity contribution < 1.29 is 24.2 Å². The molecule has 5 heteroatoms. The molecule has 0 saturated heterocycles. The Morgan fingerprint density at radius 3 is 0.628 bits per heavy atom. The fraction of sp³-hybridized carbons (Fsp3) is 0.933. The average molecular weight is 1320 g/mol. The fourth-order valence-electron chi connectivity index (χ4n) is 14.2. The maximum atomic E-state index is 12.4. The molecule has 94 heavy (non-hydrogen) atoms. The summed E-state index contributed by atoms with van der Waals surface area (Å²) in [5.41, 5.74) is 0. The first kappa shape index (κ1) is 92.4. The minimum atomic E-state index is -0.769. The molecule has 1 atom stereocenters. The number of esters is 2. The number of unbranched alkanes of at least 4 members (excludes halogenated alkanes) is 72. The number of aliphatic hydroxyl groups is 1. The summed E-state index contributed by atoms with van der Waals surface area (Å²) in [5.74, 6) is -0.557. The van der Waals surface area contributed by atoms with E-state index in [-0.39, 0.29) is 25.2 Å².